The fourth-order valence-electron chi connectivity index (χ4n) is 0.0373. The van der Waals surface area contributed by atoms with Crippen LogP contribution >= 0.6 is 0 Å². The first-order valence-corrected chi connectivity index (χ1v) is 1.84. The van der Waals surface area contributed by atoms with E-state index >= 15 is 0 Å². The Morgan fingerprint density at radius 2 is 2.60 bits per heavy atom. The predicted molar refractivity (Wildman–Crippen MR) is 19.1 cm³/mol. The van der Waals surface area contributed by atoms with E-state index in [4.69, 9.17) is 4.79 Å². The Kier molecular flexibility index (Phi) is 2.99. The maximum atomic E-state index is 9.01. The summed E-state index contributed by atoms with van der Waals surface area (Å²) in [4.78, 5) is 9.01. The Bertz CT molecular complexity index is 56.7. The molecule has 0 heterocycles. The summed E-state index contributed by atoms with van der Waals surface area (Å²) >= 11 is 0. The second-order valence-corrected chi connectivity index (χ2v) is 0.730. The maximum absolute atomic E-state index is 9.01. The molecule has 0 aromatic heterocycles. The van der Waals surface area contributed by atoms with Gasteiger partial charge in [0.2, 0.25) is 10.5 Å². The Balaban J connectivity index is 2.93. The van der Waals surface area contributed by atoms with E-state index in [1.165, 1.54) is 6.08 Å². The van der Waals surface area contributed by atoms with E-state index in [0.29, 0.717) is 10.5 Å². The second kappa shape index (κ2) is 3.40. The van der Waals surface area contributed by atoms with Gasteiger partial charge < -0.3 is 4.53 Å². The van der Waals surface area contributed by atoms with E-state index in [1.54, 1.807) is 0 Å². The fraction of sp³-hybridized carbons (Fsp3) is 0. The first kappa shape index (κ1) is 4.40. The Morgan fingerprint density at radius 3 is 2.60 bits per heavy atom. The summed E-state index contributed by atoms with van der Waals surface area (Å²) in [6.45, 7) is 0. The van der Waals surface area contributed by atoms with Gasteiger partial charge in [-0.2, -0.15) is 0 Å². The maximum Gasteiger partial charge on any atom is 0.275 e. The topological polar surface area (TPSA) is 38.7 Å². The van der Waals surface area contributed by atoms with Gasteiger partial charge in [-0.1, -0.05) is 0 Å². The minimum absolute atomic E-state index is 0.470. The van der Waals surface area contributed by atoms with E-state index < -0.39 is 0 Å². The van der Waals surface area contributed by atoms with Crippen molar-refractivity contribution < 1.29 is 9.32 Å². The molecule has 0 atom stereocenters. The Labute approximate surface area is 32.2 Å². The molecule has 0 saturated heterocycles. The van der Waals surface area contributed by atoms with Crippen molar-refractivity contribution in [3.63, 3.8) is 0 Å². The molecule has 0 aliphatic carbocycles. The van der Waals surface area contributed by atoms with Crippen LogP contribution in [0.4, 0.5) is 0 Å². The molecular formula is CH3NO2Si. The van der Waals surface area contributed by atoms with Gasteiger partial charge in [-0.3, -0.25) is 0 Å². The van der Waals surface area contributed by atoms with Gasteiger partial charge in [0, 0.05) is 0 Å². The van der Waals surface area contributed by atoms with Gasteiger partial charge in [0.15, 0.2) is 0 Å². The van der Waals surface area contributed by atoms with E-state index in [1.807, 2.05) is 0 Å². The van der Waals surface area contributed by atoms with Crippen LogP contribution in [-0.4, -0.2) is 16.6 Å². The Morgan fingerprint density at radius 1 is 2.00 bits per heavy atom. The number of rotatable bonds is 1. The molecule has 0 aliphatic rings. The van der Waals surface area contributed by atoms with Gasteiger partial charge in [0.25, 0.3) is 6.08 Å². The van der Waals surface area contributed by atoms with Crippen LogP contribution in [0.5, 0.6) is 0 Å². The van der Waals surface area contributed by atoms with E-state index in [0.717, 1.165) is 0 Å². The second-order valence-electron chi connectivity index (χ2n) is 0.365. The summed E-state index contributed by atoms with van der Waals surface area (Å²) < 4.78 is 4.03. The van der Waals surface area contributed by atoms with Crippen molar-refractivity contribution in [2.75, 3.05) is 0 Å². The predicted octanol–water partition coefficient (Wildman–Crippen LogP) is -1.47. The summed E-state index contributed by atoms with van der Waals surface area (Å²) in [5, 5.41) is 2.73. The highest BCUT2D eigenvalue weighted by Crippen LogP contribution is 1.50. The van der Waals surface area contributed by atoms with Crippen LogP contribution in [0.15, 0.2) is 5.16 Å². The summed E-state index contributed by atoms with van der Waals surface area (Å²) in [5.74, 6) is 0. The molecule has 3 nitrogen and oxygen atoms in total. The number of isocyanates is 1. The van der Waals surface area contributed by atoms with Crippen molar-refractivity contribution in [2.45, 2.75) is 0 Å². The molecule has 0 saturated carbocycles. The first-order valence-electron chi connectivity index (χ1n) is 1.02. The van der Waals surface area contributed by atoms with Crippen LogP contribution in [0.2, 0.25) is 0 Å². The smallest absolute Gasteiger partial charge is 0.275 e. The van der Waals surface area contributed by atoms with Gasteiger partial charge in [-0.25, -0.2) is 4.79 Å². The standard InChI is InChI=1S/CH3NO2Si/c3-1-2-4-5/h5H3. The average Bonchev–Trinajstić information content (AvgIpc) is 1.41. The normalized spacial score (nSPS) is 5.60. The molecule has 28 valence electrons. The van der Waals surface area contributed by atoms with Crippen LogP contribution in [0.1, 0.15) is 0 Å². The van der Waals surface area contributed by atoms with Gasteiger partial charge in [0.05, 0.1) is 0 Å². The van der Waals surface area contributed by atoms with Crippen LogP contribution in [0, 0.1) is 0 Å². The van der Waals surface area contributed by atoms with Crippen molar-refractivity contribution in [3.8, 4) is 0 Å². The first-order chi connectivity index (χ1) is 2.41. The summed E-state index contributed by atoms with van der Waals surface area (Å²) in [6, 6.07) is 0. The summed E-state index contributed by atoms with van der Waals surface area (Å²) in [7, 11) is 0.470. The molecule has 4 heteroatoms. The minimum atomic E-state index is 0.470. The van der Waals surface area contributed by atoms with Crippen molar-refractivity contribution in [3.05, 3.63) is 0 Å². The largest absolute Gasteiger partial charge is 0.458 e. The Hall–Kier alpha value is -0.603. The SMILES string of the molecule is O=C=NO[SiH3]. The van der Waals surface area contributed by atoms with E-state index in [2.05, 4.69) is 9.68 Å². The summed E-state index contributed by atoms with van der Waals surface area (Å²) in [5.41, 5.74) is 0. The van der Waals surface area contributed by atoms with Crippen LogP contribution in [-0.2, 0) is 9.32 Å². The van der Waals surface area contributed by atoms with Crippen LogP contribution in [0.25, 0.3) is 0 Å². The van der Waals surface area contributed by atoms with Crippen LogP contribution in [0.3, 0.4) is 0 Å². The van der Waals surface area contributed by atoms with Crippen molar-refractivity contribution in [1.82, 2.24) is 0 Å². The van der Waals surface area contributed by atoms with Crippen molar-refractivity contribution in [1.29, 1.82) is 0 Å². The zero-order chi connectivity index (χ0) is 4.12. The molecule has 0 aliphatic heterocycles. The van der Waals surface area contributed by atoms with Gasteiger partial charge in [-0.15, -0.1) is 0 Å². The highest BCUT2D eigenvalue weighted by molar-refractivity contribution is 5.97. The lowest BCUT2D eigenvalue weighted by Gasteiger charge is -1.70. The monoisotopic (exact) mass is 89.0 g/mol. The van der Waals surface area contributed by atoms with Crippen LogP contribution < -0.4 is 0 Å². The highest BCUT2D eigenvalue weighted by Gasteiger charge is 1.46. The molecule has 0 amide bonds. The average molecular weight is 89.1 g/mol. The molecule has 0 aromatic carbocycles. The van der Waals surface area contributed by atoms with E-state index in [-0.39, 0.29) is 0 Å². The zero-order valence-corrected chi connectivity index (χ0v) is 4.76. The highest BCUT2D eigenvalue weighted by atomic mass is 28.2. The lowest BCUT2D eigenvalue weighted by Crippen LogP contribution is -1.63. The minimum Gasteiger partial charge on any atom is -0.458 e. The third kappa shape index (κ3) is 3.40. The molecule has 0 aromatic rings. The molecule has 0 N–H and O–H groups in total. The molecule has 0 radical (unpaired) electrons. The van der Waals surface area contributed by atoms with Gasteiger partial charge >= 0.3 is 0 Å². The lowest BCUT2D eigenvalue weighted by molar-refractivity contribution is 0.371. The number of hydrogen-bond donors (Lipinski definition) is 0. The van der Waals surface area contributed by atoms with Crippen molar-refractivity contribution >= 4 is 16.6 Å². The number of hydrogen-bond acceptors (Lipinski definition) is 3. The third-order valence-corrected chi connectivity index (χ3v) is 0.311. The third-order valence-electron chi connectivity index (χ3n) is 0.129. The zero-order valence-electron chi connectivity index (χ0n) is 2.76. The summed E-state index contributed by atoms with van der Waals surface area (Å²) in [6.07, 6.45) is 1.20. The van der Waals surface area contributed by atoms with Gasteiger partial charge in [0.1, 0.15) is 0 Å². The molecule has 0 fully saturated rings. The fourth-order valence-corrected chi connectivity index (χ4v) is 0.112. The lowest BCUT2D eigenvalue weighted by atomic mass is 11.7. The molecule has 5 heavy (non-hydrogen) atoms. The number of nitrogens with zero attached hydrogens (tertiary/aromatic N) is 1. The quantitative estimate of drug-likeness (QED) is 0.170. The number of carbonyl (C=O) groups excluding carboxylic acids is 1. The molecule has 0 unspecified atom stereocenters. The molecule has 0 bridgehead atoms. The molecular weight excluding hydrogens is 86.1 g/mol. The van der Waals surface area contributed by atoms with Gasteiger partial charge in [-0.05, 0) is 5.16 Å². The van der Waals surface area contributed by atoms with Crippen molar-refractivity contribution in [2.24, 2.45) is 5.16 Å². The molecule has 0 rings (SSSR count). The molecule has 0 spiro atoms. The van der Waals surface area contributed by atoms with E-state index in [9.17, 15) is 0 Å².